The molecule has 1 unspecified atom stereocenters. The summed E-state index contributed by atoms with van der Waals surface area (Å²) < 4.78 is 87.2. The van der Waals surface area contributed by atoms with E-state index in [9.17, 15) is 35.5 Å². The molecule has 118 valence electrons. The van der Waals surface area contributed by atoms with Crippen LogP contribution in [0.4, 0.5) is 30.7 Å². The highest BCUT2D eigenvalue weighted by Gasteiger charge is 2.38. The first-order chi connectivity index (χ1) is 9.42. The van der Waals surface area contributed by atoms with Gasteiger partial charge in [0.15, 0.2) is 0 Å². The minimum absolute atomic E-state index is 0.0283. The standard InChI is InChI=1S/C11H8F7NO2/c12-5-1-2-6(7(3-5)11(16,17)18)8(9(20)21)19-4-10(13,14)15/h1-3,8,19H,4H2,(H,20,21). The van der Waals surface area contributed by atoms with Gasteiger partial charge >= 0.3 is 18.3 Å². The highest BCUT2D eigenvalue weighted by atomic mass is 19.4. The molecule has 0 saturated carbocycles. The van der Waals surface area contributed by atoms with Gasteiger partial charge in [-0.25, -0.2) is 4.39 Å². The van der Waals surface area contributed by atoms with Gasteiger partial charge in [0.1, 0.15) is 11.9 Å². The number of carbonyl (C=O) groups is 1. The fourth-order valence-corrected chi connectivity index (χ4v) is 1.57. The molecule has 0 fully saturated rings. The zero-order valence-electron chi connectivity index (χ0n) is 10.0. The van der Waals surface area contributed by atoms with Crippen molar-refractivity contribution in [3.63, 3.8) is 0 Å². The fraction of sp³-hybridized carbons (Fsp3) is 0.364. The van der Waals surface area contributed by atoms with E-state index < -0.39 is 47.9 Å². The maximum Gasteiger partial charge on any atom is 0.416 e. The third-order valence-corrected chi connectivity index (χ3v) is 2.39. The minimum atomic E-state index is -5.11. The van der Waals surface area contributed by atoms with Crippen molar-refractivity contribution in [3.8, 4) is 0 Å². The fourth-order valence-electron chi connectivity index (χ4n) is 1.57. The lowest BCUT2D eigenvalue weighted by molar-refractivity contribution is -0.145. The molecule has 10 heteroatoms. The summed E-state index contributed by atoms with van der Waals surface area (Å²) in [6.07, 6.45) is -9.92. The van der Waals surface area contributed by atoms with Crippen LogP contribution in [0.5, 0.6) is 0 Å². The summed E-state index contributed by atoms with van der Waals surface area (Å²) in [5, 5.41) is 10.3. The number of halogens is 7. The summed E-state index contributed by atoms with van der Waals surface area (Å²) in [5.74, 6) is -3.23. The number of rotatable bonds is 4. The van der Waals surface area contributed by atoms with Crippen molar-refractivity contribution < 1.29 is 40.6 Å². The van der Waals surface area contributed by atoms with Crippen LogP contribution in [-0.2, 0) is 11.0 Å². The van der Waals surface area contributed by atoms with Gasteiger partial charge in [-0.3, -0.25) is 10.1 Å². The third kappa shape index (κ3) is 4.88. The van der Waals surface area contributed by atoms with Crippen molar-refractivity contribution in [3.05, 3.63) is 35.1 Å². The van der Waals surface area contributed by atoms with E-state index in [-0.39, 0.29) is 6.07 Å². The number of aliphatic carboxylic acids is 1. The molecule has 0 amide bonds. The highest BCUT2D eigenvalue weighted by molar-refractivity contribution is 5.76. The van der Waals surface area contributed by atoms with Gasteiger partial charge in [0.25, 0.3) is 0 Å². The maximum absolute atomic E-state index is 12.9. The van der Waals surface area contributed by atoms with E-state index in [1.807, 2.05) is 0 Å². The van der Waals surface area contributed by atoms with E-state index in [1.165, 1.54) is 5.32 Å². The third-order valence-electron chi connectivity index (χ3n) is 2.39. The topological polar surface area (TPSA) is 49.3 Å². The maximum atomic E-state index is 12.9. The number of carboxylic acids is 1. The van der Waals surface area contributed by atoms with Crippen LogP contribution in [0.1, 0.15) is 17.2 Å². The van der Waals surface area contributed by atoms with E-state index in [0.717, 1.165) is 0 Å². The van der Waals surface area contributed by atoms with Crippen LogP contribution in [0.3, 0.4) is 0 Å². The molecule has 0 bridgehead atoms. The van der Waals surface area contributed by atoms with Crippen molar-refractivity contribution in [2.75, 3.05) is 6.54 Å². The van der Waals surface area contributed by atoms with Gasteiger partial charge in [-0.1, -0.05) is 6.07 Å². The number of carboxylic acid groups (broad SMARTS) is 1. The number of alkyl halides is 6. The van der Waals surface area contributed by atoms with Crippen LogP contribution in [0.25, 0.3) is 0 Å². The number of hydrogen-bond acceptors (Lipinski definition) is 2. The summed E-state index contributed by atoms with van der Waals surface area (Å²) in [5.41, 5.74) is -2.65. The smallest absolute Gasteiger partial charge is 0.416 e. The molecule has 1 rings (SSSR count). The summed E-state index contributed by atoms with van der Waals surface area (Å²) in [6.45, 7) is -1.81. The minimum Gasteiger partial charge on any atom is -0.480 e. The van der Waals surface area contributed by atoms with Crippen LogP contribution < -0.4 is 5.32 Å². The monoisotopic (exact) mass is 319 g/mol. The van der Waals surface area contributed by atoms with Gasteiger partial charge in [0, 0.05) is 0 Å². The molecule has 1 atom stereocenters. The first-order valence-electron chi connectivity index (χ1n) is 5.31. The van der Waals surface area contributed by atoms with Crippen LogP contribution >= 0.6 is 0 Å². The van der Waals surface area contributed by atoms with Crippen molar-refractivity contribution in [1.82, 2.24) is 5.32 Å². The van der Waals surface area contributed by atoms with Crippen LogP contribution in [0.2, 0.25) is 0 Å². The summed E-state index contributed by atoms with van der Waals surface area (Å²) >= 11 is 0. The second-order valence-electron chi connectivity index (χ2n) is 4.00. The SMILES string of the molecule is O=C(O)C(NCC(F)(F)F)c1ccc(F)cc1C(F)(F)F. The largest absolute Gasteiger partial charge is 0.480 e. The van der Waals surface area contributed by atoms with Crippen LogP contribution in [0, 0.1) is 5.82 Å². The van der Waals surface area contributed by atoms with Gasteiger partial charge in [-0.05, 0) is 17.7 Å². The van der Waals surface area contributed by atoms with E-state index in [4.69, 9.17) is 5.11 Å². The molecule has 2 N–H and O–H groups in total. The first-order valence-corrected chi connectivity index (χ1v) is 5.31. The van der Waals surface area contributed by atoms with Crippen LogP contribution in [-0.4, -0.2) is 23.8 Å². The van der Waals surface area contributed by atoms with Gasteiger partial charge in [0.2, 0.25) is 0 Å². The van der Waals surface area contributed by atoms with E-state index in [0.29, 0.717) is 12.1 Å². The highest BCUT2D eigenvalue weighted by Crippen LogP contribution is 2.35. The molecule has 0 aliphatic carbocycles. The Morgan fingerprint density at radius 2 is 1.76 bits per heavy atom. The number of benzene rings is 1. The Morgan fingerprint density at radius 1 is 1.19 bits per heavy atom. The Hall–Kier alpha value is -1.84. The molecule has 1 aromatic rings. The molecule has 0 aliphatic rings. The summed E-state index contributed by atoms with van der Waals surface area (Å²) in [4.78, 5) is 10.9. The average Bonchev–Trinajstić information content (AvgIpc) is 2.27. The quantitative estimate of drug-likeness (QED) is 0.839. The zero-order chi connectivity index (χ0) is 16.4. The first kappa shape index (κ1) is 17.2. The lowest BCUT2D eigenvalue weighted by Gasteiger charge is -2.20. The van der Waals surface area contributed by atoms with Crippen molar-refractivity contribution in [2.45, 2.75) is 18.4 Å². The van der Waals surface area contributed by atoms with Crippen molar-refractivity contribution in [1.29, 1.82) is 0 Å². The van der Waals surface area contributed by atoms with Gasteiger partial charge in [-0.2, -0.15) is 26.3 Å². The van der Waals surface area contributed by atoms with Crippen LogP contribution in [0.15, 0.2) is 18.2 Å². The summed E-state index contributed by atoms with van der Waals surface area (Å²) in [6, 6.07) is -1.22. The molecule has 1 aromatic carbocycles. The lowest BCUT2D eigenvalue weighted by atomic mass is 9.99. The molecule has 0 aliphatic heterocycles. The Labute approximate surface area is 113 Å². The van der Waals surface area contributed by atoms with Crippen molar-refractivity contribution >= 4 is 5.97 Å². The molecule has 0 radical (unpaired) electrons. The van der Waals surface area contributed by atoms with E-state index in [2.05, 4.69) is 0 Å². The van der Waals surface area contributed by atoms with Gasteiger partial charge in [-0.15, -0.1) is 0 Å². The molecular formula is C11H8F7NO2. The predicted molar refractivity (Wildman–Crippen MR) is 55.8 cm³/mol. The lowest BCUT2D eigenvalue weighted by Crippen LogP contribution is -2.37. The Bertz CT molecular complexity index is 524. The number of hydrogen-bond donors (Lipinski definition) is 2. The Kier molecular flexibility index (Phi) is 4.82. The van der Waals surface area contributed by atoms with Crippen molar-refractivity contribution in [2.24, 2.45) is 0 Å². The molecule has 21 heavy (non-hydrogen) atoms. The van der Waals surface area contributed by atoms with Gasteiger partial charge in [0.05, 0.1) is 12.1 Å². The number of nitrogens with one attached hydrogen (secondary N) is 1. The predicted octanol–water partition coefficient (Wildman–Crippen LogP) is 3.12. The molecule has 0 spiro atoms. The van der Waals surface area contributed by atoms with Gasteiger partial charge < -0.3 is 5.11 Å². The second-order valence-corrected chi connectivity index (χ2v) is 4.00. The zero-order valence-corrected chi connectivity index (χ0v) is 10.0. The average molecular weight is 319 g/mol. The molecular weight excluding hydrogens is 311 g/mol. The molecule has 0 saturated heterocycles. The Balaban J connectivity index is 3.23. The molecule has 0 aromatic heterocycles. The molecule has 3 nitrogen and oxygen atoms in total. The Morgan fingerprint density at radius 3 is 2.19 bits per heavy atom. The molecule has 0 heterocycles. The normalized spacial score (nSPS) is 14.0. The second kappa shape index (κ2) is 5.88. The summed E-state index contributed by atoms with van der Waals surface area (Å²) in [7, 11) is 0. The van der Waals surface area contributed by atoms with E-state index >= 15 is 0 Å². The van der Waals surface area contributed by atoms with E-state index in [1.54, 1.807) is 0 Å².